The first-order valence-corrected chi connectivity index (χ1v) is 5.43. The normalized spacial score (nSPS) is 9.89. The first-order chi connectivity index (χ1) is 8.76. The number of nitrogens with zero attached hydrogens (tertiary/aromatic N) is 1. The SMILES string of the molecule is COC(=O)c1cc(OC)ccc1-c1cccnc1. The summed E-state index contributed by atoms with van der Waals surface area (Å²) in [7, 11) is 2.91. The zero-order valence-electron chi connectivity index (χ0n) is 10.2. The Morgan fingerprint density at radius 1 is 1.22 bits per heavy atom. The summed E-state index contributed by atoms with van der Waals surface area (Å²) in [5.41, 5.74) is 2.10. The van der Waals surface area contributed by atoms with Gasteiger partial charge in [-0.05, 0) is 29.8 Å². The Labute approximate surface area is 105 Å². The minimum atomic E-state index is -0.396. The van der Waals surface area contributed by atoms with Crippen molar-refractivity contribution in [2.24, 2.45) is 0 Å². The molecule has 1 heterocycles. The second-order valence-corrected chi connectivity index (χ2v) is 3.64. The van der Waals surface area contributed by atoms with Crippen molar-refractivity contribution in [1.82, 2.24) is 4.98 Å². The van der Waals surface area contributed by atoms with Crippen LogP contribution >= 0.6 is 0 Å². The van der Waals surface area contributed by atoms with Crippen molar-refractivity contribution < 1.29 is 14.3 Å². The van der Waals surface area contributed by atoms with Crippen LogP contribution in [0.3, 0.4) is 0 Å². The molecule has 0 aliphatic heterocycles. The monoisotopic (exact) mass is 243 g/mol. The van der Waals surface area contributed by atoms with Gasteiger partial charge in [0.15, 0.2) is 0 Å². The summed E-state index contributed by atoms with van der Waals surface area (Å²) in [6.45, 7) is 0. The van der Waals surface area contributed by atoms with Crippen molar-refractivity contribution in [3.63, 3.8) is 0 Å². The van der Waals surface area contributed by atoms with Gasteiger partial charge in [0.2, 0.25) is 0 Å². The molecule has 0 fully saturated rings. The van der Waals surface area contributed by atoms with Crippen LogP contribution in [0, 0.1) is 0 Å². The van der Waals surface area contributed by atoms with Gasteiger partial charge in [0.05, 0.1) is 19.8 Å². The number of carbonyl (C=O) groups is 1. The maximum atomic E-state index is 11.8. The molecule has 0 N–H and O–H groups in total. The van der Waals surface area contributed by atoms with Gasteiger partial charge >= 0.3 is 5.97 Å². The van der Waals surface area contributed by atoms with Gasteiger partial charge < -0.3 is 9.47 Å². The van der Waals surface area contributed by atoms with E-state index in [0.717, 1.165) is 11.1 Å². The van der Waals surface area contributed by atoms with Crippen LogP contribution in [0.2, 0.25) is 0 Å². The number of methoxy groups -OCH3 is 2. The van der Waals surface area contributed by atoms with Crippen LogP contribution < -0.4 is 4.74 Å². The van der Waals surface area contributed by atoms with E-state index in [-0.39, 0.29) is 0 Å². The number of pyridine rings is 1. The molecule has 4 nitrogen and oxygen atoms in total. The van der Waals surface area contributed by atoms with E-state index in [2.05, 4.69) is 4.98 Å². The highest BCUT2D eigenvalue weighted by Crippen LogP contribution is 2.27. The number of ether oxygens (including phenoxy) is 2. The van der Waals surface area contributed by atoms with Crippen LogP contribution in [0.4, 0.5) is 0 Å². The summed E-state index contributed by atoms with van der Waals surface area (Å²) in [6.07, 6.45) is 3.39. The van der Waals surface area contributed by atoms with Gasteiger partial charge in [0, 0.05) is 18.0 Å². The second-order valence-electron chi connectivity index (χ2n) is 3.64. The number of esters is 1. The van der Waals surface area contributed by atoms with Gasteiger partial charge in [-0.25, -0.2) is 4.79 Å². The lowest BCUT2D eigenvalue weighted by Crippen LogP contribution is -2.04. The summed E-state index contributed by atoms with van der Waals surface area (Å²) < 4.78 is 9.90. The van der Waals surface area contributed by atoms with E-state index in [4.69, 9.17) is 9.47 Å². The molecule has 1 aromatic carbocycles. The fourth-order valence-corrected chi connectivity index (χ4v) is 1.70. The first-order valence-electron chi connectivity index (χ1n) is 5.43. The van der Waals surface area contributed by atoms with Crippen LogP contribution in [-0.2, 0) is 4.74 Å². The zero-order chi connectivity index (χ0) is 13.0. The third-order valence-electron chi connectivity index (χ3n) is 2.60. The standard InChI is InChI=1S/C14H13NO3/c1-17-11-5-6-12(10-4-3-7-15-9-10)13(8-11)14(16)18-2/h3-9H,1-2H3. The van der Waals surface area contributed by atoms with Crippen LogP contribution in [0.5, 0.6) is 5.75 Å². The van der Waals surface area contributed by atoms with Gasteiger partial charge in [0.1, 0.15) is 5.75 Å². The molecule has 92 valence electrons. The molecule has 0 saturated heterocycles. The van der Waals surface area contributed by atoms with Crippen LogP contribution in [0.1, 0.15) is 10.4 Å². The Hall–Kier alpha value is -2.36. The predicted molar refractivity (Wildman–Crippen MR) is 67.6 cm³/mol. The zero-order valence-corrected chi connectivity index (χ0v) is 10.2. The average Bonchev–Trinajstić information content (AvgIpc) is 2.46. The Morgan fingerprint density at radius 2 is 2.06 bits per heavy atom. The quantitative estimate of drug-likeness (QED) is 0.777. The molecule has 0 radical (unpaired) electrons. The summed E-state index contributed by atoms with van der Waals surface area (Å²) in [6, 6.07) is 8.99. The van der Waals surface area contributed by atoms with Gasteiger partial charge in [-0.2, -0.15) is 0 Å². The minimum Gasteiger partial charge on any atom is -0.497 e. The van der Waals surface area contributed by atoms with Gasteiger partial charge in [-0.1, -0.05) is 6.07 Å². The van der Waals surface area contributed by atoms with Crippen molar-refractivity contribution in [3.8, 4) is 16.9 Å². The number of aromatic nitrogens is 1. The Kier molecular flexibility index (Phi) is 3.57. The molecular weight excluding hydrogens is 230 g/mol. The Bertz CT molecular complexity index is 552. The lowest BCUT2D eigenvalue weighted by molar-refractivity contribution is 0.0601. The molecule has 0 aliphatic rings. The van der Waals surface area contributed by atoms with E-state index in [0.29, 0.717) is 11.3 Å². The van der Waals surface area contributed by atoms with Gasteiger partial charge in [-0.15, -0.1) is 0 Å². The summed E-state index contributed by atoms with van der Waals surface area (Å²) in [5, 5.41) is 0. The topological polar surface area (TPSA) is 48.4 Å². The number of benzene rings is 1. The minimum absolute atomic E-state index is 0.396. The predicted octanol–water partition coefficient (Wildman–Crippen LogP) is 2.54. The maximum absolute atomic E-state index is 11.8. The molecule has 0 bridgehead atoms. The van der Waals surface area contributed by atoms with Gasteiger partial charge in [0.25, 0.3) is 0 Å². The van der Waals surface area contributed by atoms with Crippen molar-refractivity contribution in [2.75, 3.05) is 14.2 Å². The van der Waals surface area contributed by atoms with Crippen LogP contribution in [-0.4, -0.2) is 25.2 Å². The molecular formula is C14H13NO3. The van der Waals surface area contributed by atoms with Crippen LogP contribution in [0.15, 0.2) is 42.7 Å². The number of hydrogen-bond donors (Lipinski definition) is 0. The molecule has 0 unspecified atom stereocenters. The largest absolute Gasteiger partial charge is 0.497 e. The van der Waals surface area contributed by atoms with Gasteiger partial charge in [-0.3, -0.25) is 4.98 Å². The van der Waals surface area contributed by atoms with E-state index < -0.39 is 5.97 Å². The second kappa shape index (κ2) is 5.31. The molecule has 0 saturated carbocycles. The van der Waals surface area contributed by atoms with Crippen molar-refractivity contribution >= 4 is 5.97 Å². The van der Waals surface area contributed by atoms with Crippen molar-refractivity contribution in [3.05, 3.63) is 48.3 Å². The fourth-order valence-electron chi connectivity index (χ4n) is 1.70. The van der Waals surface area contributed by atoms with E-state index in [1.807, 2.05) is 18.2 Å². The van der Waals surface area contributed by atoms with E-state index in [9.17, 15) is 4.79 Å². The molecule has 0 aliphatic carbocycles. The van der Waals surface area contributed by atoms with Crippen molar-refractivity contribution in [2.45, 2.75) is 0 Å². The first kappa shape index (κ1) is 12.1. The molecule has 2 rings (SSSR count). The van der Waals surface area contributed by atoms with Crippen LogP contribution in [0.25, 0.3) is 11.1 Å². The third-order valence-corrected chi connectivity index (χ3v) is 2.60. The average molecular weight is 243 g/mol. The molecule has 0 atom stereocenters. The summed E-state index contributed by atoms with van der Waals surface area (Å²) >= 11 is 0. The molecule has 0 amide bonds. The summed E-state index contributed by atoms with van der Waals surface area (Å²) in [5.74, 6) is 0.218. The highest BCUT2D eigenvalue weighted by molar-refractivity contribution is 5.97. The third kappa shape index (κ3) is 2.32. The summed E-state index contributed by atoms with van der Waals surface area (Å²) in [4.78, 5) is 15.8. The number of carbonyl (C=O) groups excluding carboxylic acids is 1. The smallest absolute Gasteiger partial charge is 0.338 e. The van der Waals surface area contributed by atoms with Crippen molar-refractivity contribution in [1.29, 1.82) is 0 Å². The molecule has 4 heteroatoms. The molecule has 0 spiro atoms. The highest BCUT2D eigenvalue weighted by Gasteiger charge is 2.14. The highest BCUT2D eigenvalue weighted by atomic mass is 16.5. The molecule has 18 heavy (non-hydrogen) atoms. The number of rotatable bonds is 3. The molecule has 1 aromatic heterocycles. The lowest BCUT2D eigenvalue weighted by atomic mass is 10.0. The molecule has 2 aromatic rings. The Balaban J connectivity index is 2.56. The van der Waals surface area contributed by atoms with E-state index in [1.54, 1.807) is 31.6 Å². The lowest BCUT2D eigenvalue weighted by Gasteiger charge is -2.09. The van der Waals surface area contributed by atoms with E-state index >= 15 is 0 Å². The number of hydrogen-bond acceptors (Lipinski definition) is 4. The maximum Gasteiger partial charge on any atom is 0.338 e. The Morgan fingerprint density at radius 3 is 2.67 bits per heavy atom. The van der Waals surface area contributed by atoms with E-state index in [1.165, 1.54) is 7.11 Å². The fraction of sp³-hybridized carbons (Fsp3) is 0.143.